The number of aromatic nitrogens is 2. The SMILES string of the molecule is CCCc1nc(Cl)c(C)c(-c2cc3cc(F)ccc3o2)n1. The van der Waals surface area contributed by atoms with Gasteiger partial charge in [-0.05, 0) is 37.6 Å². The Labute approximate surface area is 126 Å². The number of hydrogen-bond acceptors (Lipinski definition) is 3. The highest BCUT2D eigenvalue weighted by Gasteiger charge is 2.15. The number of furan rings is 1. The molecule has 5 heteroatoms. The van der Waals surface area contributed by atoms with Crippen LogP contribution in [0.15, 0.2) is 28.7 Å². The standard InChI is InChI=1S/C16H14ClFN2O/c1-3-4-14-19-15(9(2)16(17)20-14)13-8-10-7-11(18)5-6-12(10)21-13/h5-8H,3-4H2,1-2H3. The van der Waals surface area contributed by atoms with Gasteiger partial charge in [-0.2, -0.15) is 0 Å². The van der Waals surface area contributed by atoms with E-state index in [-0.39, 0.29) is 5.82 Å². The van der Waals surface area contributed by atoms with Gasteiger partial charge in [-0.25, -0.2) is 14.4 Å². The second kappa shape index (κ2) is 5.45. The van der Waals surface area contributed by atoms with Gasteiger partial charge in [0.15, 0.2) is 5.76 Å². The van der Waals surface area contributed by atoms with Crippen molar-refractivity contribution in [2.75, 3.05) is 0 Å². The topological polar surface area (TPSA) is 38.9 Å². The van der Waals surface area contributed by atoms with Crippen LogP contribution < -0.4 is 0 Å². The minimum atomic E-state index is -0.293. The smallest absolute Gasteiger partial charge is 0.154 e. The third-order valence-electron chi connectivity index (χ3n) is 3.32. The fourth-order valence-electron chi connectivity index (χ4n) is 2.24. The van der Waals surface area contributed by atoms with E-state index in [0.717, 1.165) is 18.4 Å². The first-order chi connectivity index (χ1) is 10.1. The van der Waals surface area contributed by atoms with Crippen molar-refractivity contribution in [3.05, 3.63) is 46.6 Å². The number of rotatable bonds is 3. The summed E-state index contributed by atoms with van der Waals surface area (Å²) in [5, 5.41) is 1.13. The first kappa shape index (κ1) is 14.0. The highest BCUT2D eigenvalue weighted by Crippen LogP contribution is 2.31. The van der Waals surface area contributed by atoms with Crippen molar-refractivity contribution in [2.45, 2.75) is 26.7 Å². The molecule has 3 aromatic rings. The Morgan fingerprint density at radius 1 is 1.24 bits per heavy atom. The van der Waals surface area contributed by atoms with Crippen molar-refractivity contribution in [2.24, 2.45) is 0 Å². The van der Waals surface area contributed by atoms with Gasteiger partial charge in [0.05, 0.1) is 0 Å². The van der Waals surface area contributed by atoms with Gasteiger partial charge in [0.1, 0.15) is 28.1 Å². The third-order valence-corrected chi connectivity index (χ3v) is 3.69. The first-order valence-electron chi connectivity index (χ1n) is 6.81. The Hall–Kier alpha value is -1.94. The van der Waals surface area contributed by atoms with Gasteiger partial charge >= 0.3 is 0 Å². The predicted molar refractivity (Wildman–Crippen MR) is 80.9 cm³/mol. The molecule has 0 radical (unpaired) electrons. The lowest BCUT2D eigenvalue weighted by molar-refractivity contribution is 0.616. The largest absolute Gasteiger partial charge is 0.454 e. The number of nitrogens with zero attached hydrogens (tertiary/aromatic N) is 2. The Balaban J connectivity index is 2.16. The van der Waals surface area contributed by atoms with E-state index >= 15 is 0 Å². The van der Waals surface area contributed by atoms with E-state index in [1.54, 1.807) is 12.1 Å². The molecule has 0 amide bonds. The number of aryl methyl sites for hydroxylation is 1. The average molecular weight is 305 g/mol. The molecule has 0 aliphatic rings. The van der Waals surface area contributed by atoms with Gasteiger partial charge in [-0.3, -0.25) is 0 Å². The van der Waals surface area contributed by atoms with E-state index in [0.29, 0.717) is 33.4 Å². The molecule has 0 aliphatic carbocycles. The van der Waals surface area contributed by atoms with Crippen molar-refractivity contribution >= 4 is 22.6 Å². The second-order valence-corrected chi connectivity index (χ2v) is 5.31. The van der Waals surface area contributed by atoms with E-state index in [4.69, 9.17) is 16.0 Å². The lowest BCUT2D eigenvalue weighted by Gasteiger charge is -2.06. The Bertz CT molecular complexity index is 813. The third kappa shape index (κ3) is 2.63. The summed E-state index contributed by atoms with van der Waals surface area (Å²) in [4.78, 5) is 8.80. The molecule has 0 spiro atoms. The van der Waals surface area contributed by atoms with Crippen LogP contribution in [-0.4, -0.2) is 9.97 Å². The number of halogens is 2. The number of benzene rings is 1. The van der Waals surface area contributed by atoms with E-state index in [9.17, 15) is 4.39 Å². The van der Waals surface area contributed by atoms with Crippen LogP contribution in [0.3, 0.4) is 0 Å². The van der Waals surface area contributed by atoms with Crippen LogP contribution in [0, 0.1) is 12.7 Å². The molecule has 108 valence electrons. The van der Waals surface area contributed by atoms with Gasteiger partial charge in [0, 0.05) is 17.4 Å². The lowest BCUT2D eigenvalue weighted by atomic mass is 10.2. The summed E-state index contributed by atoms with van der Waals surface area (Å²) in [6, 6.07) is 6.20. The van der Waals surface area contributed by atoms with Gasteiger partial charge in [0.25, 0.3) is 0 Å². The van der Waals surface area contributed by atoms with Crippen LogP contribution in [0.2, 0.25) is 5.15 Å². The molecule has 3 nitrogen and oxygen atoms in total. The molecule has 2 heterocycles. The first-order valence-corrected chi connectivity index (χ1v) is 7.18. The zero-order valence-electron chi connectivity index (χ0n) is 11.8. The summed E-state index contributed by atoms with van der Waals surface area (Å²) in [7, 11) is 0. The van der Waals surface area contributed by atoms with Crippen LogP contribution in [0.4, 0.5) is 4.39 Å². The summed E-state index contributed by atoms with van der Waals surface area (Å²) >= 11 is 6.18. The predicted octanol–water partition coefficient (Wildman–Crippen LogP) is 4.94. The van der Waals surface area contributed by atoms with Crippen LogP contribution in [0.25, 0.3) is 22.4 Å². The summed E-state index contributed by atoms with van der Waals surface area (Å²) in [6.07, 6.45) is 1.69. The molecule has 1 aromatic carbocycles. The second-order valence-electron chi connectivity index (χ2n) is 4.95. The highest BCUT2D eigenvalue weighted by molar-refractivity contribution is 6.30. The summed E-state index contributed by atoms with van der Waals surface area (Å²) in [6.45, 7) is 3.90. The van der Waals surface area contributed by atoms with Gasteiger partial charge in [0.2, 0.25) is 0 Å². The van der Waals surface area contributed by atoms with Crippen molar-refractivity contribution in [1.82, 2.24) is 9.97 Å². The summed E-state index contributed by atoms with van der Waals surface area (Å²) < 4.78 is 19.0. The van der Waals surface area contributed by atoms with Crippen molar-refractivity contribution < 1.29 is 8.81 Å². The van der Waals surface area contributed by atoms with Crippen LogP contribution in [0.1, 0.15) is 24.7 Å². The number of hydrogen-bond donors (Lipinski definition) is 0. The Morgan fingerprint density at radius 2 is 2.05 bits per heavy atom. The molecule has 0 unspecified atom stereocenters. The average Bonchev–Trinajstić information content (AvgIpc) is 2.85. The molecular formula is C16H14ClFN2O. The van der Waals surface area contributed by atoms with Gasteiger partial charge in [-0.1, -0.05) is 18.5 Å². The van der Waals surface area contributed by atoms with Crippen LogP contribution in [0.5, 0.6) is 0 Å². The number of fused-ring (bicyclic) bond motifs is 1. The molecule has 21 heavy (non-hydrogen) atoms. The molecular weight excluding hydrogens is 291 g/mol. The molecule has 0 N–H and O–H groups in total. The zero-order valence-corrected chi connectivity index (χ0v) is 12.5. The highest BCUT2D eigenvalue weighted by atomic mass is 35.5. The molecule has 0 atom stereocenters. The molecule has 0 saturated carbocycles. The Kier molecular flexibility index (Phi) is 3.64. The van der Waals surface area contributed by atoms with Crippen molar-refractivity contribution in [3.8, 4) is 11.5 Å². The van der Waals surface area contributed by atoms with E-state index in [2.05, 4.69) is 16.9 Å². The molecule has 2 aromatic heterocycles. The minimum absolute atomic E-state index is 0.293. The van der Waals surface area contributed by atoms with E-state index in [1.807, 2.05) is 6.92 Å². The maximum atomic E-state index is 13.3. The molecule has 0 aliphatic heterocycles. The van der Waals surface area contributed by atoms with E-state index < -0.39 is 0 Å². The lowest BCUT2D eigenvalue weighted by Crippen LogP contribution is -2.00. The molecule has 3 rings (SSSR count). The molecule has 0 fully saturated rings. The van der Waals surface area contributed by atoms with Crippen LogP contribution in [-0.2, 0) is 6.42 Å². The zero-order chi connectivity index (χ0) is 15.0. The monoisotopic (exact) mass is 304 g/mol. The summed E-state index contributed by atoms with van der Waals surface area (Å²) in [5.41, 5.74) is 2.05. The van der Waals surface area contributed by atoms with Gasteiger partial charge < -0.3 is 4.42 Å². The van der Waals surface area contributed by atoms with Crippen molar-refractivity contribution in [3.63, 3.8) is 0 Å². The molecule has 0 bridgehead atoms. The fraction of sp³-hybridized carbons (Fsp3) is 0.250. The normalized spacial score (nSPS) is 11.2. The minimum Gasteiger partial charge on any atom is -0.454 e. The maximum absolute atomic E-state index is 13.3. The Morgan fingerprint density at radius 3 is 2.81 bits per heavy atom. The van der Waals surface area contributed by atoms with E-state index in [1.165, 1.54) is 12.1 Å². The summed E-state index contributed by atoms with van der Waals surface area (Å²) in [5.74, 6) is 0.975. The van der Waals surface area contributed by atoms with Gasteiger partial charge in [-0.15, -0.1) is 0 Å². The quantitative estimate of drug-likeness (QED) is 0.643. The van der Waals surface area contributed by atoms with Crippen molar-refractivity contribution in [1.29, 1.82) is 0 Å². The van der Waals surface area contributed by atoms with Crippen LogP contribution >= 0.6 is 11.6 Å². The fourth-order valence-corrected chi connectivity index (χ4v) is 2.43. The maximum Gasteiger partial charge on any atom is 0.154 e. The molecule has 0 saturated heterocycles.